The van der Waals surface area contributed by atoms with Gasteiger partial charge in [-0.25, -0.2) is 26.8 Å². The van der Waals surface area contributed by atoms with Crippen molar-refractivity contribution in [1.82, 2.24) is 58.4 Å². The van der Waals surface area contributed by atoms with Crippen LogP contribution in [-0.4, -0.2) is 149 Å². The summed E-state index contributed by atoms with van der Waals surface area (Å²) >= 11 is 0. The molecule has 0 amide bonds. The van der Waals surface area contributed by atoms with E-state index < -0.39 is 26.0 Å². The summed E-state index contributed by atoms with van der Waals surface area (Å²) in [6, 6.07) is 13.3. The van der Waals surface area contributed by atoms with Gasteiger partial charge in [-0.3, -0.25) is 38.3 Å². The fraction of sp³-hybridized carbons (Fsp3) is 0.444. The first-order valence-electron chi connectivity index (χ1n) is 25.6. The molecule has 18 nitrogen and oxygen atoms in total. The molecule has 2 aliphatic heterocycles. The van der Waals surface area contributed by atoms with Crippen LogP contribution in [-0.2, 0) is 46.6 Å². The molecule has 0 bridgehead atoms. The van der Waals surface area contributed by atoms with Crippen LogP contribution in [0.5, 0.6) is 11.5 Å². The quantitative estimate of drug-likeness (QED) is 0.101. The van der Waals surface area contributed by atoms with Gasteiger partial charge in [-0.15, -0.1) is 13.2 Å². The highest BCUT2D eigenvalue weighted by molar-refractivity contribution is 7.91. The lowest BCUT2D eigenvalue weighted by Crippen LogP contribution is -2.51. The highest BCUT2D eigenvalue weighted by Crippen LogP contribution is 2.33. The van der Waals surface area contributed by atoms with Gasteiger partial charge in [0.25, 0.3) is 0 Å². The minimum Gasteiger partial charge on any atom is -0.497 e. The number of alkyl halides is 3. The van der Waals surface area contributed by atoms with E-state index >= 15 is 0 Å². The molecule has 8 heterocycles. The summed E-state index contributed by atoms with van der Waals surface area (Å²) < 4.78 is 102. The molecular weight excluding hydrogens is 1030 g/mol. The molecule has 0 radical (unpaired) electrons. The number of nitrogens with zero attached hydrogens (tertiary/aromatic N) is 12. The number of rotatable bonds is 14. The first-order chi connectivity index (χ1) is 36.4. The number of ether oxygens (including phenoxy) is 2. The van der Waals surface area contributed by atoms with E-state index in [0.717, 1.165) is 75.5 Å². The Kier molecular flexibility index (Phi) is 16.7. The highest BCUT2D eigenvalue weighted by atomic mass is 32.2. The summed E-state index contributed by atoms with van der Waals surface area (Å²) in [4.78, 5) is 23.9. The zero-order valence-corrected chi connectivity index (χ0v) is 46.6. The van der Waals surface area contributed by atoms with Crippen molar-refractivity contribution < 1.29 is 39.5 Å². The Morgan fingerprint density at radius 1 is 0.558 bits per heavy atom. The van der Waals surface area contributed by atoms with Crippen LogP contribution >= 0.6 is 0 Å². The predicted molar refractivity (Wildman–Crippen MR) is 292 cm³/mol. The van der Waals surface area contributed by atoms with Gasteiger partial charge in [0, 0.05) is 87.3 Å². The third kappa shape index (κ3) is 13.5. The second-order valence-electron chi connectivity index (χ2n) is 20.4. The van der Waals surface area contributed by atoms with E-state index in [2.05, 4.69) is 63.2 Å². The topological polar surface area (TPSA) is 190 Å². The number of aryl methyl sites for hydroxylation is 4. The zero-order valence-electron chi connectivity index (χ0n) is 45.0. The standard InChI is InChI=1S/C26H29F3N6O3S.C26H32N6O3S.C2H6/c1-25(2,34-10-12-39(36,37)13-11-34)9-8-19-16-35(20-14-31-33(3)17-20)24-23(19)30-15-22(32-24)18-4-6-21(7-5-18)38-26(27,28)29;1-26(2,31-11-13-36(33,34)14-12-31)10-9-20-17-32(21-15-28-30(3)18-21)25-24(20)27-16-23(29-25)19-5-7-22(35-4)8-6-19;1-2/h4-7,14-17H,8-13H2,1-3H3;5-8,15-18H,9-14H2,1-4H3;1-2H3. The highest BCUT2D eigenvalue weighted by Gasteiger charge is 2.35. The SMILES string of the molecule is CC.COc1ccc(-c2cnc3c(CCC(C)(C)N4CCS(=O)(=O)CC4)cn(-c4cnn(C)c4)c3n2)cc1.Cn1cc(-n2cc(CCC(C)(C)N3CCS(=O)(=O)CC3)c3ncc(-c4ccc(OC(F)(F)F)cc4)nc32)cn1. The number of methoxy groups -OCH3 is 1. The summed E-state index contributed by atoms with van der Waals surface area (Å²) in [7, 11) is -0.506. The maximum Gasteiger partial charge on any atom is 0.573 e. The Hall–Kier alpha value is -6.69. The average molecular weight is 1100 g/mol. The average Bonchev–Trinajstić information content (AvgIpc) is 4.28. The van der Waals surface area contributed by atoms with E-state index in [0.29, 0.717) is 49.5 Å². The lowest BCUT2D eigenvalue weighted by Gasteiger charge is -2.41. The molecule has 2 fully saturated rings. The number of benzene rings is 2. The van der Waals surface area contributed by atoms with Crippen LogP contribution in [0, 0.1) is 0 Å². The molecule has 0 atom stereocenters. The molecule has 10 rings (SSSR count). The van der Waals surface area contributed by atoms with Crippen LogP contribution < -0.4 is 9.47 Å². The van der Waals surface area contributed by atoms with Crippen molar-refractivity contribution >= 4 is 42.0 Å². The molecule has 2 aromatic carbocycles. The van der Waals surface area contributed by atoms with Gasteiger partial charge in [-0.05, 0) is 113 Å². The van der Waals surface area contributed by atoms with Gasteiger partial charge in [0.05, 0.1) is 77.7 Å². The van der Waals surface area contributed by atoms with Crippen molar-refractivity contribution in [2.24, 2.45) is 14.1 Å². The van der Waals surface area contributed by atoms with E-state index in [4.69, 9.17) is 24.7 Å². The van der Waals surface area contributed by atoms with Crippen molar-refractivity contribution in [3.63, 3.8) is 0 Å². The molecule has 77 heavy (non-hydrogen) atoms. The summed E-state index contributed by atoms with van der Waals surface area (Å²) in [6.07, 6.45) is 13.3. The Balaban J connectivity index is 0.000000198. The van der Waals surface area contributed by atoms with E-state index in [1.807, 2.05) is 87.8 Å². The minimum atomic E-state index is -4.76. The second-order valence-corrected chi connectivity index (χ2v) is 25.0. The van der Waals surface area contributed by atoms with Crippen molar-refractivity contribution in [2.45, 2.75) is 84.7 Å². The first-order valence-corrected chi connectivity index (χ1v) is 29.2. The van der Waals surface area contributed by atoms with Gasteiger partial charge in [0.1, 0.15) is 22.5 Å². The van der Waals surface area contributed by atoms with Crippen LogP contribution in [0.25, 0.3) is 56.2 Å². The normalized spacial score (nSPS) is 16.2. The largest absolute Gasteiger partial charge is 0.573 e. The van der Waals surface area contributed by atoms with Gasteiger partial charge in [-0.1, -0.05) is 13.8 Å². The Labute approximate surface area is 447 Å². The van der Waals surface area contributed by atoms with Gasteiger partial charge >= 0.3 is 6.36 Å². The number of fused-ring (bicyclic) bond motifs is 2. The molecule has 412 valence electrons. The summed E-state index contributed by atoms with van der Waals surface area (Å²) in [5.41, 5.74) is 9.31. The number of sulfone groups is 2. The fourth-order valence-electron chi connectivity index (χ4n) is 9.63. The number of halogens is 3. The van der Waals surface area contributed by atoms with Crippen LogP contribution in [0.15, 0.2) is 98.1 Å². The first kappa shape index (κ1) is 56.5. The molecule has 8 aromatic rings. The van der Waals surface area contributed by atoms with Crippen molar-refractivity contribution in [1.29, 1.82) is 0 Å². The molecule has 0 aliphatic carbocycles. The van der Waals surface area contributed by atoms with Gasteiger partial charge in [-0.2, -0.15) is 10.2 Å². The lowest BCUT2D eigenvalue weighted by molar-refractivity contribution is -0.274. The Bertz CT molecular complexity index is 3520. The molecule has 23 heteroatoms. The predicted octanol–water partition coefficient (Wildman–Crippen LogP) is 8.46. The number of aromatic nitrogens is 10. The lowest BCUT2D eigenvalue weighted by atomic mass is 9.93. The fourth-order valence-corrected chi connectivity index (χ4v) is 12.0. The van der Waals surface area contributed by atoms with E-state index in [1.54, 1.807) is 28.9 Å². The molecule has 2 aliphatic rings. The van der Waals surface area contributed by atoms with Gasteiger partial charge < -0.3 is 9.47 Å². The minimum absolute atomic E-state index is 0.130. The van der Waals surface area contributed by atoms with E-state index in [1.165, 1.54) is 24.3 Å². The summed E-state index contributed by atoms with van der Waals surface area (Å²) in [6.45, 7) is 14.8. The maximum absolute atomic E-state index is 12.5. The number of hydrogen-bond acceptors (Lipinski definition) is 14. The Morgan fingerprint density at radius 2 is 0.935 bits per heavy atom. The van der Waals surface area contributed by atoms with E-state index in [-0.39, 0.29) is 39.8 Å². The van der Waals surface area contributed by atoms with Crippen LogP contribution in [0.4, 0.5) is 13.2 Å². The molecule has 0 saturated carbocycles. The zero-order chi connectivity index (χ0) is 55.5. The summed E-state index contributed by atoms with van der Waals surface area (Å²) in [5.74, 6) is 1.30. The molecular formula is C54H67F3N12O6S2. The molecule has 0 N–H and O–H groups in total. The van der Waals surface area contributed by atoms with Crippen LogP contribution in [0.2, 0.25) is 0 Å². The number of hydrogen-bond donors (Lipinski definition) is 0. The molecule has 2 saturated heterocycles. The van der Waals surface area contributed by atoms with Crippen LogP contribution in [0.3, 0.4) is 0 Å². The second kappa shape index (κ2) is 22.7. The van der Waals surface area contributed by atoms with Gasteiger partial charge in [0.2, 0.25) is 0 Å². The maximum atomic E-state index is 12.5. The third-order valence-electron chi connectivity index (χ3n) is 14.3. The molecule has 0 spiro atoms. The monoisotopic (exact) mass is 1100 g/mol. The Morgan fingerprint density at radius 3 is 1.27 bits per heavy atom. The van der Waals surface area contributed by atoms with Crippen LogP contribution in [0.1, 0.15) is 65.5 Å². The summed E-state index contributed by atoms with van der Waals surface area (Å²) in [5, 5.41) is 8.62. The van der Waals surface area contributed by atoms with Gasteiger partial charge in [0.15, 0.2) is 31.0 Å². The van der Waals surface area contributed by atoms with E-state index in [9.17, 15) is 30.0 Å². The van der Waals surface area contributed by atoms with Crippen molar-refractivity contribution in [3.05, 3.63) is 109 Å². The van der Waals surface area contributed by atoms with Crippen molar-refractivity contribution in [3.8, 4) is 45.4 Å². The van der Waals surface area contributed by atoms with Crippen molar-refractivity contribution in [2.75, 3.05) is 56.3 Å². The third-order valence-corrected chi connectivity index (χ3v) is 17.5. The smallest absolute Gasteiger partial charge is 0.497 e. The molecule has 0 unspecified atom stereocenters. The molecule has 6 aromatic heterocycles.